The number of carbonyl (C=O) groups is 1. The van der Waals surface area contributed by atoms with Crippen LogP contribution in [0.2, 0.25) is 0 Å². The highest BCUT2D eigenvalue weighted by Gasteiger charge is 2.18. The molecular weight excluding hydrogens is 384 g/mol. The third-order valence-electron chi connectivity index (χ3n) is 3.88. The second-order valence-corrected chi connectivity index (χ2v) is 7.24. The monoisotopic (exact) mass is 410 g/mol. The van der Waals surface area contributed by atoms with Gasteiger partial charge >= 0.3 is 5.13 Å². The Morgan fingerprint density at radius 3 is 2.48 bits per heavy atom. The van der Waals surface area contributed by atoms with Crippen molar-refractivity contribution >= 4 is 39.4 Å². The molecule has 7 nitrogen and oxygen atoms in total. The topological polar surface area (TPSA) is 73.8 Å². The smallest absolute Gasteiger partial charge is 0.430 e. The molecule has 2 rings (SSSR count). The molecule has 0 spiro atoms. The maximum atomic E-state index is 11.6. The van der Waals surface area contributed by atoms with Crippen LogP contribution in [0.15, 0.2) is 28.4 Å². The Morgan fingerprint density at radius 2 is 1.96 bits per heavy atom. The van der Waals surface area contributed by atoms with Crippen LogP contribution in [-0.4, -0.2) is 24.1 Å². The van der Waals surface area contributed by atoms with Gasteiger partial charge in [-0.05, 0) is 48.5 Å². The zero-order chi connectivity index (χ0) is 19.3. The first-order valence-corrected chi connectivity index (χ1v) is 9.62. The molecule has 1 aromatic heterocycles. The summed E-state index contributed by atoms with van der Waals surface area (Å²) < 4.78 is 1.73. The number of aryl methyl sites for hydroxylation is 1. The van der Waals surface area contributed by atoms with Gasteiger partial charge in [0, 0.05) is 31.6 Å². The van der Waals surface area contributed by atoms with Gasteiger partial charge in [0.1, 0.15) is 17.7 Å². The first-order chi connectivity index (χ1) is 12.3. The SMILES string of the molecule is CCN(CC)c1ccc(N=Nc2sc(C(C)C)n[n+]2C)c(NC(C)=O)c1.[Cl-]. The van der Waals surface area contributed by atoms with Crippen molar-refractivity contribution in [3.8, 4) is 0 Å². The summed E-state index contributed by atoms with van der Waals surface area (Å²) in [5.74, 6) is 0.210. The van der Waals surface area contributed by atoms with E-state index < -0.39 is 0 Å². The number of halogens is 1. The van der Waals surface area contributed by atoms with Crippen molar-refractivity contribution in [2.24, 2.45) is 17.3 Å². The summed E-state index contributed by atoms with van der Waals surface area (Å²) in [6.45, 7) is 11.7. The molecule has 1 aromatic carbocycles. The van der Waals surface area contributed by atoms with Crippen LogP contribution in [0, 0.1) is 0 Å². The number of benzene rings is 1. The Morgan fingerprint density at radius 1 is 1.30 bits per heavy atom. The van der Waals surface area contributed by atoms with Crippen molar-refractivity contribution in [1.29, 1.82) is 0 Å². The number of carbonyl (C=O) groups excluding carboxylic acids is 1. The summed E-state index contributed by atoms with van der Waals surface area (Å²) in [6.07, 6.45) is 0. The van der Waals surface area contributed by atoms with Crippen LogP contribution in [0.5, 0.6) is 0 Å². The number of hydrogen-bond donors (Lipinski definition) is 1. The van der Waals surface area contributed by atoms with Crippen molar-refractivity contribution in [3.05, 3.63) is 23.2 Å². The van der Waals surface area contributed by atoms with E-state index in [2.05, 4.69) is 53.2 Å². The van der Waals surface area contributed by atoms with Crippen molar-refractivity contribution < 1.29 is 21.9 Å². The first kappa shape index (κ1) is 23.0. The average molecular weight is 411 g/mol. The quantitative estimate of drug-likeness (QED) is 0.552. The standard InChI is InChI=1S/C18H26N6OS.ClH/c1-7-24(8-2)14-9-10-15(16(11-14)19-13(5)25)20-21-18-23(6)22-17(26-18)12(3)4;/h9-12H,7-8H2,1-6H3;1H. The lowest BCUT2D eigenvalue weighted by molar-refractivity contribution is -0.714. The predicted octanol–water partition coefficient (Wildman–Crippen LogP) is 1.31. The van der Waals surface area contributed by atoms with Gasteiger partial charge in [-0.3, -0.25) is 4.79 Å². The van der Waals surface area contributed by atoms with Gasteiger partial charge in [-0.25, -0.2) is 0 Å². The maximum Gasteiger partial charge on any atom is 0.430 e. The minimum absolute atomic E-state index is 0. The summed E-state index contributed by atoms with van der Waals surface area (Å²) in [6, 6.07) is 5.82. The fourth-order valence-electron chi connectivity index (χ4n) is 2.47. The minimum atomic E-state index is -0.136. The van der Waals surface area contributed by atoms with E-state index in [0.717, 1.165) is 28.9 Å². The van der Waals surface area contributed by atoms with E-state index in [4.69, 9.17) is 0 Å². The van der Waals surface area contributed by atoms with Crippen molar-refractivity contribution in [1.82, 2.24) is 5.10 Å². The van der Waals surface area contributed by atoms with E-state index in [1.165, 1.54) is 18.3 Å². The minimum Gasteiger partial charge on any atom is -1.00 e. The van der Waals surface area contributed by atoms with E-state index >= 15 is 0 Å². The number of nitrogens with one attached hydrogen (secondary N) is 1. The molecule has 1 heterocycles. The molecule has 0 aliphatic heterocycles. The lowest BCUT2D eigenvalue weighted by atomic mass is 10.2. The fourth-order valence-corrected chi connectivity index (χ4v) is 3.31. The van der Waals surface area contributed by atoms with Crippen LogP contribution in [0.1, 0.15) is 45.5 Å². The van der Waals surface area contributed by atoms with Crippen LogP contribution in [0.4, 0.5) is 22.2 Å². The maximum absolute atomic E-state index is 11.6. The third-order valence-corrected chi connectivity index (χ3v) is 5.17. The zero-order valence-electron chi connectivity index (χ0n) is 16.7. The highest BCUT2D eigenvalue weighted by atomic mass is 35.5. The second-order valence-electron chi connectivity index (χ2n) is 6.26. The van der Waals surface area contributed by atoms with E-state index in [0.29, 0.717) is 17.3 Å². The lowest BCUT2D eigenvalue weighted by Crippen LogP contribution is -3.00. The largest absolute Gasteiger partial charge is 1.00 e. The summed E-state index contributed by atoms with van der Waals surface area (Å²) in [5, 5.41) is 17.7. The number of rotatable bonds is 7. The molecular formula is C18H27ClN6OS. The van der Waals surface area contributed by atoms with Gasteiger partial charge in [-0.1, -0.05) is 18.9 Å². The Bertz CT molecular complexity index is 801. The fraction of sp³-hybridized carbons (Fsp3) is 0.500. The number of hydrogen-bond acceptors (Lipinski definition) is 6. The summed E-state index contributed by atoms with van der Waals surface area (Å²) in [7, 11) is 1.86. The normalized spacial score (nSPS) is 10.9. The molecule has 148 valence electrons. The molecule has 0 fully saturated rings. The average Bonchev–Trinajstić information content (AvgIpc) is 2.96. The molecule has 0 unspecified atom stereocenters. The lowest BCUT2D eigenvalue weighted by Gasteiger charge is -2.21. The Labute approximate surface area is 170 Å². The zero-order valence-corrected chi connectivity index (χ0v) is 18.2. The summed E-state index contributed by atoms with van der Waals surface area (Å²) in [5.41, 5.74) is 2.32. The van der Waals surface area contributed by atoms with Gasteiger partial charge < -0.3 is 22.6 Å². The molecule has 0 saturated heterocycles. The number of anilines is 2. The van der Waals surface area contributed by atoms with E-state index in [1.54, 1.807) is 4.68 Å². The molecule has 0 saturated carbocycles. The van der Waals surface area contributed by atoms with Gasteiger partial charge in [-0.15, -0.1) is 4.68 Å². The Balaban J connectivity index is 0.00000364. The molecule has 1 amide bonds. The van der Waals surface area contributed by atoms with E-state index in [9.17, 15) is 4.79 Å². The van der Waals surface area contributed by atoms with E-state index in [1.807, 2.05) is 25.2 Å². The highest BCUT2D eigenvalue weighted by Crippen LogP contribution is 2.32. The molecule has 27 heavy (non-hydrogen) atoms. The highest BCUT2D eigenvalue weighted by molar-refractivity contribution is 7.14. The third kappa shape index (κ3) is 5.97. The molecule has 0 atom stereocenters. The van der Waals surface area contributed by atoms with Gasteiger partial charge in [0.15, 0.2) is 0 Å². The summed E-state index contributed by atoms with van der Waals surface area (Å²) in [4.78, 5) is 13.8. The molecule has 0 aliphatic carbocycles. The molecule has 0 radical (unpaired) electrons. The van der Waals surface area contributed by atoms with Crippen molar-refractivity contribution in [2.45, 2.75) is 40.5 Å². The Kier molecular flexibility index (Phi) is 8.78. The van der Waals surface area contributed by atoms with Crippen LogP contribution >= 0.6 is 11.3 Å². The summed E-state index contributed by atoms with van der Waals surface area (Å²) >= 11 is 1.52. The predicted molar refractivity (Wildman–Crippen MR) is 106 cm³/mol. The van der Waals surface area contributed by atoms with Crippen LogP contribution in [0.3, 0.4) is 0 Å². The number of amides is 1. The Hall–Kier alpha value is -2.06. The van der Waals surface area contributed by atoms with Crippen molar-refractivity contribution in [2.75, 3.05) is 23.3 Å². The molecule has 0 bridgehead atoms. The second kappa shape index (κ2) is 10.3. The molecule has 2 aromatic rings. The van der Waals surface area contributed by atoms with Gasteiger partial charge in [0.2, 0.25) is 5.91 Å². The number of nitrogens with zero attached hydrogens (tertiary/aromatic N) is 5. The van der Waals surface area contributed by atoms with Crippen LogP contribution in [0.25, 0.3) is 0 Å². The van der Waals surface area contributed by atoms with Gasteiger partial charge in [0.25, 0.3) is 0 Å². The molecule has 1 N–H and O–H groups in total. The molecule has 9 heteroatoms. The van der Waals surface area contributed by atoms with Gasteiger partial charge in [-0.2, -0.15) is 0 Å². The number of azo groups is 1. The van der Waals surface area contributed by atoms with Crippen molar-refractivity contribution in [3.63, 3.8) is 0 Å². The first-order valence-electron chi connectivity index (χ1n) is 8.81. The number of aromatic nitrogens is 2. The van der Waals surface area contributed by atoms with Gasteiger partial charge in [0.05, 0.1) is 10.8 Å². The van der Waals surface area contributed by atoms with Crippen LogP contribution in [-0.2, 0) is 11.8 Å². The van der Waals surface area contributed by atoms with Crippen LogP contribution < -0.4 is 27.3 Å². The van der Waals surface area contributed by atoms with E-state index in [-0.39, 0.29) is 18.3 Å². The molecule has 0 aliphatic rings.